The van der Waals surface area contributed by atoms with Gasteiger partial charge in [-0.3, -0.25) is 4.79 Å². The molecule has 1 aromatic rings. The van der Waals surface area contributed by atoms with E-state index in [2.05, 4.69) is 9.97 Å². The van der Waals surface area contributed by atoms with Crippen LogP contribution in [0.4, 0.5) is 0 Å². The van der Waals surface area contributed by atoms with Crippen LogP contribution in [0.1, 0.15) is 11.5 Å². The highest BCUT2D eigenvalue weighted by Crippen LogP contribution is 1.90. The first-order chi connectivity index (χ1) is 5.22. The number of aliphatic hydroxyl groups excluding tert-OH is 1. The van der Waals surface area contributed by atoms with Crippen molar-refractivity contribution in [2.24, 2.45) is 0 Å². The van der Waals surface area contributed by atoms with Crippen LogP contribution in [0.15, 0.2) is 10.9 Å². The SMILES string of the molecule is Cc1nc(CCO)cc(=O)[nH]1. The summed E-state index contributed by atoms with van der Waals surface area (Å²) in [5, 5.41) is 8.55. The summed E-state index contributed by atoms with van der Waals surface area (Å²) in [4.78, 5) is 17.3. The van der Waals surface area contributed by atoms with Crippen molar-refractivity contribution in [2.75, 3.05) is 6.61 Å². The summed E-state index contributed by atoms with van der Waals surface area (Å²) in [6.07, 6.45) is 0.435. The molecule has 0 bridgehead atoms. The van der Waals surface area contributed by atoms with Gasteiger partial charge in [-0.1, -0.05) is 0 Å². The van der Waals surface area contributed by atoms with E-state index in [9.17, 15) is 4.79 Å². The van der Waals surface area contributed by atoms with E-state index in [1.807, 2.05) is 0 Å². The molecule has 0 aliphatic heterocycles. The highest BCUT2D eigenvalue weighted by atomic mass is 16.3. The number of hydrogen-bond donors (Lipinski definition) is 2. The maximum atomic E-state index is 10.8. The Hall–Kier alpha value is -1.16. The van der Waals surface area contributed by atoms with Crippen LogP contribution in [0.5, 0.6) is 0 Å². The summed E-state index contributed by atoms with van der Waals surface area (Å²) in [6.45, 7) is 1.73. The summed E-state index contributed by atoms with van der Waals surface area (Å²) in [6, 6.07) is 1.39. The Morgan fingerprint density at radius 2 is 2.45 bits per heavy atom. The van der Waals surface area contributed by atoms with Crippen LogP contribution >= 0.6 is 0 Å². The van der Waals surface area contributed by atoms with Crippen molar-refractivity contribution in [3.05, 3.63) is 27.9 Å². The van der Waals surface area contributed by atoms with Gasteiger partial charge in [-0.15, -0.1) is 0 Å². The Balaban J connectivity index is 2.99. The van der Waals surface area contributed by atoms with Gasteiger partial charge in [0.15, 0.2) is 0 Å². The lowest BCUT2D eigenvalue weighted by Gasteiger charge is -1.96. The lowest BCUT2D eigenvalue weighted by atomic mass is 10.3. The molecule has 0 saturated carbocycles. The largest absolute Gasteiger partial charge is 0.396 e. The summed E-state index contributed by atoms with van der Waals surface area (Å²) in [7, 11) is 0. The predicted molar refractivity (Wildman–Crippen MR) is 40.4 cm³/mol. The van der Waals surface area contributed by atoms with Gasteiger partial charge in [0.1, 0.15) is 5.82 Å². The van der Waals surface area contributed by atoms with Gasteiger partial charge in [0.25, 0.3) is 5.56 Å². The minimum atomic E-state index is -0.166. The third-order valence-corrected chi connectivity index (χ3v) is 1.28. The molecule has 0 radical (unpaired) electrons. The topological polar surface area (TPSA) is 66.0 Å². The van der Waals surface area contributed by atoms with Crippen LogP contribution in [-0.4, -0.2) is 21.7 Å². The maximum Gasteiger partial charge on any atom is 0.251 e. The highest BCUT2D eigenvalue weighted by Gasteiger charge is 1.95. The Bertz CT molecular complexity index is 293. The third kappa shape index (κ3) is 2.16. The molecule has 1 heterocycles. The molecule has 60 valence electrons. The molecule has 4 heteroatoms. The van der Waals surface area contributed by atoms with Crippen LogP contribution in [0.3, 0.4) is 0 Å². The zero-order valence-electron chi connectivity index (χ0n) is 6.29. The van der Waals surface area contributed by atoms with Gasteiger partial charge >= 0.3 is 0 Å². The van der Waals surface area contributed by atoms with E-state index in [0.29, 0.717) is 17.9 Å². The van der Waals surface area contributed by atoms with E-state index >= 15 is 0 Å². The molecule has 2 N–H and O–H groups in total. The first kappa shape index (κ1) is 7.94. The van der Waals surface area contributed by atoms with Crippen LogP contribution in [0.25, 0.3) is 0 Å². The summed E-state index contributed by atoms with van der Waals surface area (Å²) in [5.41, 5.74) is 0.467. The van der Waals surface area contributed by atoms with Gasteiger partial charge in [0.2, 0.25) is 0 Å². The quantitative estimate of drug-likeness (QED) is 0.609. The number of nitrogens with one attached hydrogen (secondary N) is 1. The molecule has 11 heavy (non-hydrogen) atoms. The van der Waals surface area contributed by atoms with E-state index in [1.165, 1.54) is 6.07 Å². The van der Waals surface area contributed by atoms with Crippen LogP contribution < -0.4 is 5.56 Å². The smallest absolute Gasteiger partial charge is 0.251 e. The van der Waals surface area contributed by atoms with Crippen LogP contribution in [-0.2, 0) is 6.42 Å². The molecule has 0 fully saturated rings. The second kappa shape index (κ2) is 3.30. The molecule has 0 atom stereocenters. The molecule has 4 nitrogen and oxygen atoms in total. The summed E-state index contributed by atoms with van der Waals surface area (Å²) in [5.74, 6) is 0.584. The first-order valence-corrected chi connectivity index (χ1v) is 3.40. The number of aromatic nitrogens is 2. The molecular weight excluding hydrogens is 144 g/mol. The van der Waals surface area contributed by atoms with Crippen molar-refractivity contribution in [3.63, 3.8) is 0 Å². The molecule has 0 aliphatic carbocycles. The minimum absolute atomic E-state index is 0.0237. The van der Waals surface area contributed by atoms with Gasteiger partial charge in [-0.2, -0.15) is 0 Å². The average Bonchev–Trinajstić information content (AvgIpc) is 1.85. The lowest BCUT2D eigenvalue weighted by molar-refractivity contribution is 0.298. The number of hydrogen-bond acceptors (Lipinski definition) is 3. The van der Waals surface area contributed by atoms with Gasteiger partial charge in [-0.25, -0.2) is 4.98 Å². The van der Waals surface area contributed by atoms with Crippen molar-refractivity contribution in [1.82, 2.24) is 9.97 Å². The van der Waals surface area contributed by atoms with Gasteiger partial charge < -0.3 is 10.1 Å². The van der Waals surface area contributed by atoms with Crippen LogP contribution in [0.2, 0.25) is 0 Å². The Labute approximate surface area is 63.9 Å². The molecule has 0 unspecified atom stereocenters. The molecule has 1 rings (SSSR count). The van der Waals surface area contributed by atoms with Crippen LogP contribution in [0, 0.1) is 6.92 Å². The average molecular weight is 154 g/mol. The summed E-state index contributed by atoms with van der Waals surface area (Å²) >= 11 is 0. The van der Waals surface area contributed by atoms with E-state index in [4.69, 9.17) is 5.11 Å². The Kier molecular flexibility index (Phi) is 2.38. The van der Waals surface area contributed by atoms with E-state index in [-0.39, 0.29) is 12.2 Å². The fourth-order valence-electron chi connectivity index (χ4n) is 0.884. The van der Waals surface area contributed by atoms with Gasteiger partial charge in [0, 0.05) is 19.1 Å². The Morgan fingerprint density at radius 3 is 3.00 bits per heavy atom. The molecule has 0 aromatic carbocycles. The summed E-state index contributed by atoms with van der Waals surface area (Å²) < 4.78 is 0. The van der Waals surface area contributed by atoms with Crippen molar-refractivity contribution in [1.29, 1.82) is 0 Å². The maximum absolute atomic E-state index is 10.8. The zero-order valence-corrected chi connectivity index (χ0v) is 6.29. The highest BCUT2D eigenvalue weighted by molar-refractivity contribution is 5.01. The molecular formula is C7H10N2O2. The van der Waals surface area contributed by atoms with Crippen molar-refractivity contribution >= 4 is 0 Å². The fourth-order valence-corrected chi connectivity index (χ4v) is 0.884. The molecule has 0 spiro atoms. The van der Waals surface area contributed by atoms with Gasteiger partial charge in [-0.05, 0) is 6.92 Å². The number of aryl methyl sites for hydroxylation is 1. The monoisotopic (exact) mass is 154 g/mol. The lowest BCUT2D eigenvalue weighted by Crippen LogP contribution is -2.11. The first-order valence-electron chi connectivity index (χ1n) is 3.40. The molecule has 0 saturated heterocycles. The van der Waals surface area contributed by atoms with Crippen molar-refractivity contribution in [2.45, 2.75) is 13.3 Å². The van der Waals surface area contributed by atoms with E-state index < -0.39 is 0 Å². The third-order valence-electron chi connectivity index (χ3n) is 1.28. The van der Waals surface area contributed by atoms with E-state index in [0.717, 1.165) is 0 Å². The minimum Gasteiger partial charge on any atom is -0.396 e. The number of aromatic amines is 1. The standard InChI is InChI=1S/C7H10N2O2/c1-5-8-6(2-3-10)4-7(11)9-5/h4,10H,2-3H2,1H3,(H,8,9,11). The molecule has 0 amide bonds. The number of rotatable bonds is 2. The second-order valence-electron chi connectivity index (χ2n) is 2.30. The number of aliphatic hydroxyl groups is 1. The second-order valence-corrected chi connectivity index (χ2v) is 2.30. The normalized spacial score (nSPS) is 10.0. The fraction of sp³-hybridized carbons (Fsp3) is 0.429. The number of H-pyrrole nitrogens is 1. The zero-order chi connectivity index (χ0) is 8.27. The Morgan fingerprint density at radius 1 is 1.73 bits per heavy atom. The molecule has 1 aromatic heterocycles. The van der Waals surface area contributed by atoms with Crippen molar-refractivity contribution < 1.29 is 5.11 Å². The molecule has 0 aliphatic rings. The van der Waals surface area contributed by atoms with E-state index in [1.54, 1.807) is 6.92 Å². The van der Waals surface area contributed by atoms with Gasteiger partial charge in [0.05, 0.1) is 5.69 Å². The number of nitrogens with zero attached hydrogens (tertiary/aromatic N) is 1. The predicted octanol–water partition coefficient (Wildman–Crippen LogP) is -0.387. The van der Waals surface area contributed by atoms with Crippen molar-refractivity contribution in [3.8, 4) is 0 Å².